The summed E-state index contributed by atoms with van der Waals surface area (Å²) in [5, 5.41) is 3.05. The number of carbonyl (C=O) groups excluding carboxylic acids is 1. The summed E-state index contributed by atoms with van der Waals surface area (Å²) in [6, 6.07) is -0.175. The van der Waals surface area contributed by atoms with Crippen molar-refractivity contribution in [3.63, 3.8) is 0 Å². The van der Waals surface area contributed by atoms with Gasteiger partial charge in [-0.15, -0.1) is 0 Å². The van der Waals surface area contributed by atoms with Crippen LogP contribution in [0.4, 0.5) is 0 Å². The summed E-state index contributed by atoms with van der Waals surface area (Å²) in [7, 11) is 1.82. The third-order valence-electron chi connectivity index (χ3n) is 3.31. The number of hydrogen-bond acceptors (Lipinski definition) is 4. The molecule has 0 spiro atoms. The maximum atomic E-state index is 11.7. The number of rotatable bonds is 12. The van der Waals surface area contributed by atoms with Crippen molar-refractivity contribution in [3.8, 4) is 0 Å². The van der Waals surface area contributed by atoms with Gasteiger partial charge < -0.3 is 15.0 Å². The Morgan fingerprint density at radius 2 is 1.68 bits per heavy atom. The van der Waals surface area contributed by atoms with Crippen LogP contribution in [-0.4, -0.2) is 50.2 Å². The predicted octanol–water partition coefficient (Wildman–Crippen LogP) is 2.43. The molecule has 0 aliphatic carbocycles. The second-order valence-electron chi connectivity index (χ2n) is 4.93. The van der Waals surface area contributed by atoms with Crippen LogP contribution in [-0.2, 0) is 9.53 Å². The van der Waals surface area contributed by atoms with E-state index in [1.54, 1.807) is 0 Å². The first-order chi connectivity index (χ1) is 9.19. The van der Waals surface area contributed by atoms with Gasteiger partial charge in [-0.25, -0.2) is 0 Å². The fraction of sp³-hybridized carbons (Fsp3) is 0.933. The summed E-state index contributed by atoms with van der Waals surface area (Å²) in [6.07, 6.45) is 5.72. The molecule has 4 heteroatoms. The van der Waals surface area contributed by atoms with E-state index in [0.717, 1.165) is 26.1 Å². The van der Waals surface area contributed by atoms with Gasteiger partial charge >= 0.3 is 5.97 Å². The van der Waals surface area contributed by atoms with Crippen LogP contribution >= 0.6 is 0 Å². The molecular formula is C15H32N2O2. The first-order valence-corrected chi connectivity index (χ1v) is 7.75. The molecule has 0 bridgehead atoms. The molecule has 0 aromatic rings. The fourth-order valence-electron chi connectivity index (χ4n) is 2.03. The molecule has 0 aromatic carbocycles. The minimum atomic E-state index is -0.175. The molecule has 1 N–H and O–H groups in total. The third-order valence-corrected chi connectivity index (χ3v) is 3.31. The van der Waals surface area contributed by atoms with E-state index < -0.39 is 0 Å². The Labute approximate surface area is 118 Å². The van der Waals surface area contributed by atoms with Crippen LogP contribution in [0.15, 0.2) is 0 Å². The average molecular weight is 272 g/mol. The number of esters is 1. The second kappa shape index (κ2) is 12.4. The molecule has 0 aromatic heterocycles. The molecule has 0 saturated carbocycles. The van der Waals surface area contributed by atoms with E-state index in [0.29, 0.717) is 6.61 Å². The fourth-order valence-corrected chi connectivity index (χ4v) is 2.03. The van der Waals surface area contributed by atoms with Gasteiger partial charge in [-0.1, -0.05) is 26.7 Å². The molecule has 1 unspecified atom stereocenters. The van der Waals surface area contributed by atoms with Gasteiger partial charge in [-0.2, -0.15) is 0 Å². The summed E-state index contributed by atoms with van der Waals surface area (Å²) >= 11 is 0. The number of nitrogens with zero attached hydrogens (tertiary/aromatic N) is 1. The van der Waals surface area contributed by atoms with Crippen molar-refractivity contribution >= 4 is 5.97 Å². The van der Waals surface area contributed by atoms with Crippen LogP contribution < -0.4 is 5.32 Å². The van der Waals surface area contributed by atoms with Crippen molar-refractivity contribution in [2.45, 2.75) is 58.9 Å². The van der Waals surface area contributed by atoms with Crippen LogP contribution in [0.1, 0.15) is 52.9 Å². The lowest BCUT2D eigenvalue weighted by Crippen LogP contribution is -2.39. The maximum absolute atomic E-state index is 11.7. The second-order valence-corrected chi connectivity index (χ2v) is 4.93. The molecule has 0 radical (unpaired) electrons. The van der Waals surface area contributed by atoms with Crippen molar-refractivity contribution in [2.75, 3.05) is 33.3 Å². The SMILES string of the molecule is CCCCN(CCCC)CCC(NC)C(=O)OCC. The van der Waals surface area contributed by atoms with E-state index in [-0.39, 0.29) is 12.0 Å². The molecule has 1 atom stereocenters. The van der Waals surface area contributed by atoms with E-state index in [9.17, 15) is 4.79 Å². The predicted molar refractivity (Wildman–Crippen MR) is 80.4 cm³/mol. The van der Waals surface area contributed by atoms with Gasteiger partial charge in [0.15, 0.2) is 0 Å². The molecule has 114 valence electrons. The lowest BCUT2D eigenvalue weighted by atomic mass is 10.2. The first kappa shape index (κ1) is 18.4. The maximum Gasteiger partial charge on any atom is 0.323 e. The van der Waals surface area contributed by atoms with Crippen molar-refractivity contribution in [3.05, 3.63) is 0 Å². The molecule has 0 rings (SSSR count). The lowest BCUT2D eigenvalue weighted by molar-refractivity contribution is -0.145. The Morgan fingerprint density at radius 1 is 1.11 bits per heavy atom. The Kier molecular flexibility index (Phi) is 12.0. The molecule has 4 nitrogen and oxygen atoms in total. The lowest BCUT2D eigenvalue weighted by Gasteiger charge is -2.24. The first-order valence-electron chi connectivity index (χ1n) is 7.75. The monoisotopic (exact) mass is 272 g/mol. The van der Waals surface area contributed by atoms with Gasteiger partial charge in [-0.05, 0) is 46.3 Å². The van der Waals surface area contributed by atoms with E-state index >= 15 is 0 Å². The Morgan fingerprint density at radius 3 is 2.11 bits per heavy atom. The normalized spacial score (nSPS) is 12.7. The standard InChI is InChI=1S/C15H32N2O2/c1-5-8-11-17(12-9-6-2)13-10-14(16-4)15(18)19-7-3/h14,16H,5-13H2,1-4H3. The highest BCUT2D eigenvalue weighted by Crippen LogP contribution is 2.03. The minimum Gasteiger partial charge on any atom is -0.465 e. The number of hydrogen-bond donors (Lipinski definition) is 1. The highest BCUT2D eigenvalue weighted by atomic mass is 16.5. The van der Waals surface area contributed by atoms with Gasteiger partial charge in [0, 0.05) is 6.54 Å². The number of nitrogens with one attached hydrogen (secondary N) is 1. The highest BCUT2D eigenvalue weighted by Gasteiger charge is 2.18. The van der Waals surface area contributed by atoms with Crippen molar-refractivity contribution in [2.24, 2.45) is 0 Å². The number of unbranched alkanes of at least 4 members (excludes halogenated alkanes) is 2. The van der Waals surface area contributed by atoms with Gasteiger partial charge in [-0.3, -0.25) is 4.79 Å². The van der Waals surface area contributed by atoms with Crippen LogP contribution in [0, 0.1) is 0 Å². The van der Waals surface area contributed by atoms with Crippen LogP contribution in [0.25, 0.3) is 0 Å². The van der Waals surface area contributed by atoms with E-state index in [1.807, 2.05) is 14.0 Å². The van der Waals surface area contributed by atoms with Crippen LogP contribution in [0.2, 0.25) is 0 Å². The van der Waals surface area contributed by atoms with Gasteiger partial charge in [0.05, 0.1) is 6.61 Å². The van der Waals surface area contributed by atoms with E-state index in [1.165, 1.54) is 25.7 Å². The van der Waals surface area contributed by atoms with Crippen molar-refractivity contribution < 1.29 is 9.53 Å². The molecule has 0 heterocycles. The molecule has 0 amide bonds. The Bertz CT molecular complexity index is 214. The largest absolute Gasteiger partial charge is 0.465 e. The molecule has 0 aliphatic rings. The quantitative estimate of drug-likeness (QED) is 0.554. The molecule has 0 aliphatic heterocycles. The van der Waals surface area contributed by atoms with Crippen molar-refractivity contribution in [1.29, 1.82) is 0 Å². The summed E-state index contributed by atoms with van der Waals surface area (Å²) in [5.74, 6) is -0.129. The molecule has 19 heavy (non-hydrogen) atoms. The summed E-state index contributed by atoms with van der Waals surface area (Å²) in [5.41, 5.74) is 0. The van der Waals surface area contributed by atoms with Gasteiger partial charge in [0.1, 0.15) is 6.04 Å². The number of ether oxygens (including phenoxy) is 1. The van der Waals surface area contributed by atoms with Crippen LogP contribution in [0.5, 0.6) is 0 Å². The zero-order valence-corrected chi connectivity index (χ0v) is 13.2. The highest BCUT2D eigenvalue weighted by molar-refractivity contribution is 5.75. The molecular weight excluding hydrogens is 240 g/mol. The number of carbonyl (C=O) groups is 1. The summed E-state index contributed by atoms with van der Waals surface area (Å²) < 4.78 is 5.07. The van der Waals surface area contributed by atoms with E-state index in [2.05, 4.69) is 24.1 Å². The Balaban J connectivity index is 4.12. The van der Waals surface area contributed by atoms with Crippen molar-refractivity contribution in [1.82, 2.24) is 10.2 Å². The topological polar surface area (TPSA) is 41.6 Å². The zero-order chi connectivity index (χ0) is 14.5. The summed E-state index contributed by atoms with van der Waals surface area (Å²) in [4.78, 5) is 14.2. The van der Waals surface area contributed by atoms with Crippen LogP contribution in [0.3, 0.4) is 0 Å². The van der Waals surface area contributed by atoms with Gasteiger partial charge in [0.2, 0.25) is 0 Å². The smallest absolute Gasteiger partial charge is 0.323 e. The number of likely N-dealkylation sites (N-methyl/N-ethyl adjacent to an activating group) is 1. The average Bonchev–Trinajstić information content (AvgIpc) is 2.41. The summed E-state index contributed by atoms with van der Waals surface area (Å²) in [6.45, 7) is 9.96. The Hall–Kier alpha value is -0.610. The minimum absolute atomic E-state index is 0.129. The zero-order valence-electron chi connectivity index (χ0n) is 13.2. The third kappa shape index (κ3) is 9.00. The van der Waals surface area contributed by atoms with Gasteiger partial charge in [0.25, 0.3) is 0 Å². The molecule has 0 saturated heterocycles. The molecule has 0 fully saturated rings. The van der Waals surface area contributed by atoms with E-state index in [4.69, 9.17) is 4.74 Å².